The number of benzene rings is 10. The largest absolute Gasteiger partial charge is 0.456 e. The first-order valence-corrected chi connectivity index (χ1v) is 19.4. The van der Waals surface area contributed by atoms with Crippen molar-refractivity contribution in [1.29, 1.82) is 0 Å². The van der Waals surface area contributed by atoms with E-state index in [0.717, 1.165) is 83.2 Å². The van der Waals surface area contributed by atoms with Crippen molar-refractivity contribution in [2.24, 2.45) is 0 Å². The summed E-state index contributed by atoms with van der Waals surface area (Å²) in [5.74, 6) is 0. The van der Waals surface area contributed by atoms with Crippen LogP contribution in [0.2, 0.25) is 0 Å². The number of hydrogen-bond acceptors (Lipinski definition) is 3. The van der Waals surface area contributed by atoms with Crippen LogP contribution in [0.15, 0.2) is 209 Å². The summed E-state index contributed by atoms with van der Waals surface area (Å²) >= 11 is 0. The fourth-order valence-electron chi connectivity index (χ4n) is 8.90. The van der Waals surface area contributed by atoms with Crippen LogP contribution in [0.5, 0.6) is 0 Å². The Bertz CT molecular complexity index is 3330. The zero-order valence-corrected chi connectivity index (χ0v) is 30.8. The molecule has 0 aliphatic heterocycles. The SMILES string of the molecule is c1ccc2c(c1)oc1cc(-c3ccc(N(c4ccc(-c5ccc6c(c5)oc5ccccc56)cc4)c4ccc5c6ccccc6c6ccccc6c5c4)cc3)ccc12. The van der Waals surface area contributed by atoms with E-state index in [1.54, 1.807) is 0 Å². The molecule has 0 N–H and O–H groups in total. The Labute approximate surface area is 328 Å². The molecule has 0 fully saturated rings. The molecule has 12 rings (SSSR count). The summed E-state index contributed by atoms with van der Waals surface area (Å²) in [7, 11) is 0. The molecule has 2 aromatic heterocycles. The van der Waals surface area contributed by atoms with Crippen molar-refractivity contribution in [3.8, 4) is 22.3 Å². The average Bonchev–Trinajstić information content (AvgIpc) is 3.85. The van der Waals surface area contributed by atoms with Gasteiger partial charge in [-0.05, 0) is 127 Å². The molecule has 0 radical (unpaired) electrons. The minimum Gasteiger partial charge on any atom is -0.456 e. The van der Waals surface area contributed by atoms with Crippen molar-refractivity contribution < 1.29 is 8.83 Å². The first-order valence-electron chi connectivity index (χ1n) is 19.4. The smallest absolute Gasteiger partial charge is 0.136 e. The molecular weight excluding hydrogens is 695 g/mol. The Balaban J connectivity index is 0.985. The van der Waals surface area contributed by atoms with Crippen LogP contribution in [0, 0.1) is 0 Å². The van der Waals surface area contributed by atoms with Gasteiger partial charge in [0.1, 0.15) is 22.3 Å². The average molecular weight is 728 g/mol. The molecular formula is C54H33NO2. The summed E-state index contributed by atoms with van der Waals surface area (Å²) in [5.41, 5.74) is 11.4. The van der Waals surface area contributed by atoms with Crippen molar-refractivity contribution in [3.05, 3.63) is 200 Å². The molecule has 0 aliphatic rings. The van der Waals surface area contributed by atoms with E-state index in [-0.39, 0.29) is 0 Å². The van der Waals surface area contributed by atoms with Crippen molar-refractivity contribution in [2.45, 2.75) is 0 Å². The Hall–Kier alpha value is -7.62. The van der Waals surface area contributed by atoms with Gasteiger partial charge in [-0.25, -0.2) is 0 Å². The molecule has 57 heavy (non-hydrogen) atoms. The third-order valence-corrected chi connectivity index (χ3v) is 11.7. The molecule has 3 nitrogen and oxygen atoms in total. The number of nitrogens with zero attached hydrogens (tertiary/aromatic N) is 1. The van der Waals surface area contributed by atoms with E-state index in [2.05, 4.69) is 181 Å². The van der Waals surface area contributed by atoms with E-state index >= 15 is 0 Å². The lowest BCUT2D eigenvalue weighted by Gasteiger charge is -2.26. The molecule has 0 amide bonds. The molecule has 12 aromatic rings. The maximum atomic E-state index is 6.25. The maximum absolute atomic E-state index is 6.25. The van der Waals surface area contributed by atoms with Gasteiger partial charge in [0.05, 0.1) is 0 Å². The molecule has 0 saturated heterocycles. The summed E-state index contributed by atoms with van der Waals surface area (Å²) in [6.45, 7) is 0. The van der Waals surface area contributed by atoms with Gasteiger partial charge in [0.25, 0.3) is 0 Å². The van der Waals surface area contributed by atoms with Gasteiger partial charge in [-0.15, -0.1) is 0 Å². The molecule has 0 unspecified atom stereocenters. The highest BCUT2D eigenvalue weighted by molar-refractivity contribution is 6.25. The van der Waals surface area contributed by atoms with Crippen molar-refractivity contribution in [3.63, 3.8) is 0 Å². The Kier molecular flexibility index (Phi) is 6.93. The molecule has 10 aromatic carbocycles. The third kappa shape index (κ3) is 5.06. The van der Waals surface area contributed by atoms with Crippen molar-refractivity contribution in [1.82, 2.24) is 0 Å². The van der Waals surface area contributed by atoms with Gasteiger partial charge in [0, 0.05) is 38.6 Å². The third-order valence-electron chi connectivity index (χ3n) is 11.7. The van der Waals surface area contributed by atoms with Crippen LogP contribution in [-0.4, -0.2) is 0 Å². The summed E-state index contributed by atoms with van der Waals surface area (Å²) in [5, 5.41) is 12.1. The fourth-order valence-corrected chi connectivity index (χ4v) is 8.90. The molecule has 0 spiro atoms. The Morgan fingerprint density at radius 2 is 0.561 bits per heavy atom. The number of para-hydroxylation sites is 2. The second kappa shape index (κ2) is 12.5. The van der Waals surface area contributed by atoms with Crippen LogP contribution < -0.4 is 4.90 Å². The van der Waals surface area contributed by atoms with Gasteiger partial charge in [-0.3, -0.25) is 0 Å². The van der Waals surface area contributed by atoms with Gasteiger partial charge >= 0.3 is 0 Å². The molecule has 3 heteroatoms. The lowest BCUT2D eigenvalue weighted by molar-refractivity contribution is 0.668. The van der Waals surface area contributed by atoms with Crippen LogP contribution in [0.3, 0.4) is 0 Å². The number of fused-ring (bicyclic) bond motifs is 12. The first-order chi connectivity index (χ1) is 28.2. The van der Waals surface area contributed by atoms with Gasteiger partial charge < -0.3 is 13.7 Å². The van der Waals surface area contributed by atoms with Crippen LogP contribution in [0.4, 0.5) is 17.1 Å². The lowest BCUT2D eigenvalue weighted by atomic mass is 9.94. The minimum atomic E-state index is 0.898. The summed E-state index contributed by atoms with van der Waals surface area (Å²) in [6.07, 6.45) is 0. The van der Waals surface area contributed by atoms with Crippen molar-refractivity contribution >= 4 is 93.3 Å². The highest BCUT2D eigenvalue weighted by atomic mass is 16.3. The van der Waals surface area contributed by atoms with Crippen molar-refractivity contribution in [2.75, 3.05) is 4.90 Å². The molecule has 2 heterocycles. The first kappa shape index (κ1) is 31.7. The molecule has 0 aliphatic carbocycles. The quantitative estimate of drug-likeness (QED) is 0.165. The van der Waals surface area contributed by atoms with E-state index in [0.29, 0.717) is 0 Å². The lowest BCUT2D eigenvalue weighted by Crippen LogP contribution is -2.10. The van der Waals surface area contributed by atoms with Crippen LogP contribution in [0.1, 0.15) is 0 Å². The van der Waals surface area contributed by atoms with Crippen LogP contribution in [0.25, 0.3) is 98.4 Å². The monoisotopic (exact) mass is 727 g/mol. The molecule has 0 bridgehead atoms. The zero-order chi connectivity index (χ0) is 37.5. The normalized spacial score (nSPS) is 11.9. The minimum absolute atomic E-state index is 0.898. The second-order valence-corrected chi connectivity index (χ2v) is 14.9. The highest BCUT2D eigenvalue weighted by Gasteiger charge is 2.17. The highest BCUT2D eigenvalue weighted by Crippen LogP contribution is 2.42. The topological polar surface area (TPSA) is 29.5 Å². The standard InChI is InChI=1S/C54H33NO2/c1-2-11-43-41(9-1)42-10-3-4-12-44(42)50-33-40(27-30-45(43)50)55(38-23-17-34(18-24-38)36-21-28-48-46-13-5-7-15-51(46)56-53(48)31-36)39-25-19-35(20-26-39)37-22-29-49-47-14-6-8-16-52(47)57-54(49)32-37/h1-33H. The maximum Gasteiger partial charge on any atom is 0.136 e. The van der Waals surface area contributed by atoms with E-state index in [1.807, 2.05) is 24.3 Å². The van der Waals surface area contributed by atoms with Gasteiger partial charge in [-0.1, -0.05) is 127 Å². The predicted molar refractivity (Wildman–Crippen MR) is 239 cm³/mol. The summed E-state index contributed by atoms with van der Waals surface area (Å²) in [6, 6.07) is 71.7. The second-order valence-electron chi connectivity index (χ2n) is 14.9. The number of rotatable bonds is 5. The fraction of sp³-hybridized carbons (Fsp3) is 0. The Morgan fingerprint density at radius 3 is 1.04 bits per heavy atom. The van der Waals surface area contributed by atoms with Crippen LogP contribution in [-0.2, 0) is 0 Å². The number of hydrogen-bond donors (Lipinski definition) is 0. The van der Waals surface area contributed by atoms with E-state index < -0.39 is 0 Å². The summed E-state index contributed by atoms with van der Waals surface area (Å²) < 4.78 is 12.5. The predicted octanol–water partition coefficient (Wildman–Crippen LogP) is 15.7. The van der Waals surface area contributed by atoms with Crippen LogP contribution >= 0.6 is 0 Å². The number of furan rings is 2. The summed E-state index contributed by atoms with van der Waals surface area (Å²) in [4.78, 5) is 2.36. The van der Waals surface area contributed by atoms with Gasteiger partial charge in [0.2, 0.25) is 0 Å². The zero-order valence-electron chi connectivity index (χ0n) is 30.8. The molecule has 0 atom stereocenters. The molecule has 0 saturated carbocycles. The molecule has 266 valence electrons. The van der Waals surface area contributed by atoms with E-state index in [4.69, 9.17) is 8.83 Å². The van der Waals surface area contributed by atoms with E-state index in [1.165, 1.54) is 32.3 Å². The van der Waals surface area contributed by atoms with Gasteiger partial charge in [0.15, 0.2) is 0 Å². The number of anilines is 3. The van der Waals surface area contributed by atoms with Gasteiger partial charge in [-0.2, -0.15) is 0 Å². The Morgan fingerprint density at radius 1 is 0.228 bits per heavy atom. The van der Waals surface area contributed by atoms with E-state index in [9.17, 15) is 0 Å².